The molecule has 1 aromatic rings. The molecule has 1 saturated heterocycles. The number of hydrogen-bond donors (Lipinski definition) is 0. The molecule has 130 valence electrons. The van der Waals surface area contributed by atoms with Gasteiger partial charge >= 0.3 is 12.1 Å². The van der Waals surface area contributed by atoms with Gasteiger partial charge in [0, 0.05) is 12.6 Å². The number of halogens is 3. The van der Waals surface area contributed by atoms with Gasteiger partial charge in [-0.05, 0) is 18.1 Å². The van der Waals surface area contributed by atoms with Crippen LogP contribution in [0, 0.1) is 11.8 Å². The number of amides is 3. The Morgan fingerprint density at radius 2 is 1.84 bits per heavy atom. The molecule has 4 rings (SSSR count). The van der Waals surface area contributed by atoms with Gasteiger partial charge in [-0.2, -0.15) is 13.2 Å². The monoisotopic (exact) mass is 350 g/mol. The number of nitrogens with zero attached hydrogens (tertiary/aromatic N) is 2. The molecule has 25 heavy (non-hydrogen) atoms. The van der Waals surface area contributed by atoms with Gasteiger partial charge in [0.05, 0.1) is 23.6 Å². The molecule has 0 spiro atoms. The van der Waals surface area contributed by atoms with E-state index in [9.17, 15) is 27.6 Å². The lowest BCUT2D eigenvalue weighted by atomic mass is 9.76. The van der Waals surface area contributed by atoms with E-state index in [1.807, 2.05) is 0 Å². The molecule has 3 amide bonds. The molecule has 5 nitrogen and oxygen atoms in total. The molecule has 8 heteroatoms. The maximum atomic E-state index is 13.2. The molecule has 3 atom stereocenters. The van der Waals surface area contributed by atoms with Crippen LogP contribution in [0.1, 0.15) is 12.0 Å². The number of hydrogen-bond acceptors (Lipinski definition) is 3. The van der Waals surface area contributed by atoms with Crippen molar-refractivity contribution in [2.24, 2.45) is 11.8 Å². The smallest absolute Gasteiger partial charge is 0.296 e. The minimum Gasteiger partial charge on any atom is -0.296 e. The molecular formula is C17H13F3N2O3. The highest BCUT2D eigenvalue weighted by Gasteiger charge is 2.59. The van der Waals surface area contributed by atoms with E-state index in [4.69, 9.17) is 0 Å². The van der Waals surface area contributed by atoms with Crippen LogP contribution in [0.25, 0.3) is 5.57 Å². The van der Waals surface area contributed by atoms with Crippen molar-refractivity contribution in [1.29, 1.82) is 0 Å². The SMILES string of the molecule is CN1C(=O)[C@H]2[C@H](CC=C3c4ccccc4N(C(=O)C(F)(F)F)[C@H]32)C1=O. The molecule has 1 fully saturated rings. The highest BCUT2D eigenvalue weighted by Crippen LogP contribution is 2.51. The Kier molecular flexibility index (Phi) is 3.13. The fourth-order valence-electron chi connectivity index (χ4n) is 4.10. The summed E-state index contributed by atoms with van der Waals surface area (Å²) in [6, 6.07) is 5.16. The first-order chi connectivity index (χ1) is 11.7. The Morgan fingerprint density at radius 1 is 1.16 bits per heavy atom. The van der Waals surface area contributed by atoms with Crippen LogP contribution < -0.4 is 4.90 Å². The van der Waals surface area contributed by atoms with Crippen molar-refractivity contribution in [2.75, 3.05) is 11.9 Å². The molecule has 2 aliphatic heterocycles. The van der Waals surface area contributed by atoms with Gasteiger partial charge in [-0.15, -0.1) is 0 Å². The predicted octanol–water partition coefficient (Wildman–Crippen LogP) is 1.98. The first-order valence-corrected chi connectivity index (χ1v) is 7.74. The molecule has 3 aliphatic rings. The first-order valence-electron chi connectivity index (χ1n) is 7.74. The summed E-state index contributed by atoms with van der Waals surface area (Å²) in [4.78, 5) is 38.5. The summed E-state index contributed by atoms with van der Waals surface area (Å²) >= 11 is 0. The number of likely N-dealkylation sites (tertiary alicyclic amines) is 1. The second-order valence-corrected chi connectivity index (χ2v) is 6.40. The molecule has 2 heterocycles. The Hall–Kier alpha value is -2.64. The second kappa shape index (κ2) is 4.93. The maximum Gasteiger partial charge on any atom is 0.471 e. The van der Waals surface area contributed by atoms with Gasteiger partial charge < -0.3 is 0 Å². The highest BCUT2D eigenvalue weighted by atomic mass is 19.4. The summed E-state index contributed by atoms with van der Waals surface area (Å²) in [7, 11) is 1.32. The molecule has 1 aromatic carbocycles. The van der Waals surface area contributed by atoms with Crippen molar-refractivity contribution >= 4 is 29.0 Å². The number of carbonyl (C=O) groups is 3. The number of alkyl halides is 3. The number of allylic oxidation sites excluding steroid dienone is 1. The standard InChI is InChI=1S/C17H13F3N2O3/c1-21-14(23)10-7-6-9-8-4-2-3-5-11(8)22(16(25)17(18,19)20)13(9)12(10)15(21)24/h2-6,10,12-13H,7H2,1H3/t10-,12-,13+/m0/s1. The molecule has 0 N–H and O–H groups in total. The van der Waals surface area contributed by atoms with E-state index in [0.29, 0.717) is 16.0 Å². The molecule has 0 aromatic heterocycles. The van der Waals surface area contributed by atoms with E-state index >= 15 is 0 Å². The maximum absolute atomic E-state index is 13.2. The summed E-state index contributed by atoms with van der Waals surface area (Å²) in [5.41, 5.74) is 1.13. The zero-order valence-corrected chi connectivity index (χ0v) is 13.1. The minimum atomic E-state index is -5.08. The minimum absolute atomic E-state index is 0.122. The highest BCUT2D eigenvalue weighted by molar-refractivity contribution is 6.12. The normalized spacial score (nSPS) is 27.8. The fraction of sp³-hybridized carbons (Fsp3) is 0.353. The zero-order chi connectivity index (χ0) is 18.1. The van der Waals surface area contributed by atoms with Gasteiger partial charge in [0.15, 0.2) is 0 Å². The Morgan fingerprint density at radius 3 is 2.52 bits per heavy atom. The van der Waals surface area contributed by atoms with Crippen molar-refractivity contribution in [1.82, 2.24) is 4.90 Å². The quantitative estimate of drug-likeness (QED) is 0.673. The number of para-hydroxylation sites is 1. The molecule has 0 bridgehead atoms. The van der Waals surface area contributed by atoms with Crippen LogP contribution in [-0.4, -0.2) is 41.9 Å². The van der Waals surface area contributed by atoms with Gasteiger partial charge in [-0.25, -0.2) is 0 Å². The molecule has 0 unspecified atom stereocenters. The summed E-state index contributed by atoms with van der Waals surface area (Å²) in [5.74, 6) is -4.71. The predicted molar refractivity (Wildman–Crippen MR) is 81.1 cm³/mol. The Balaban J connectivity index is 1.90. The first kappa shape index (κ1) is 15.9. The van der Waals surface area contributed by atoms with Crippen molar-refractivity contribution in [3.8, 4) is 0 Å². The van der Waals surface area contributed by atoms with Crippen LogP contribution in [0.3, 0.4) is 0 Å². The van der Waals surface area contributed by atoms with E-state index in [1.165, 1.54) is 13.1 Å². The summed E-state index contributed by atoms with van der Waals surface area (Å²) in [6.07, 6.45) is -3.13. The van der Waals surface area contributed by atoms with Gasteiger partial charge in [0.2, 0.25) is 11.8 Å². The number of rotatable bonds is 0. The lowest BCUT2D eigenvalue weighted by molar-refractivity contribution is -0.171. The van der Waals surface area contributed by atoms with E-state index in [-0.39, 0.29) is 12.1 Å². The lowest BCUT2D eigenvalue weighted by Gasteiger charge is -2.34. The number of imide groups is 1. The second-order valence-electron chi connectivity index (χ2n) is 6.40. The van der Waals surface area contributed by atoms with Crippen molar-refractivity contribution in [3.05, 3.63) is 35.9 Å². The lowest BCUT2D eigenvalue weighted by Crippen LogP contribution is -2.51. The fourth-order valence-corrected chi connectivity index (χ4v) is 4.10. The van der Waals surface area contributed by atoms with Crippen LogP contribution >= 0.6 is 0 Å². The molecule has 1 aliphatic carbocycles. The van der Waals surface area contributed by atoms with Crippen LogP contribution in [0.5, 0.6) is 0 Å². The summed E-state index contributed by atoms with van der Waals surface area (Å²) < 4.78 is 39.5. The van der Waals surface area contributed by atoms with Crippen LogP contribution in [0.4, 0.5) is 18.9 Å². The average molecular weight is 350 g/mol. The third-order valence-corrected chi connectivity index (χ3v) is 5.16. The van der Waals surface area contributed by atoms with Crippen molar-refractivity contribution in [2.45, 2.75) is 18.6 Å². The van der Waals surface area contributed by atoms with Crippen LogP contribution in [0.15, 0.2) is 30.3 Å². The van der Waals surface area contributed by atoms with Gasteiger partial charge in [0.25, 0.3) is 0 Å². The molecule has 0 radical (unpaired) electrons. The summed E-state index contributed by atoms with van der Waals surface area (Å²) in [6.45, 7) is 0. The number of fused-ring (bicyclic) bond motifs is 5. The average Bonchev–Trinajstić information content (AvgIpc) is 3.01. The van der Waals surface area contributed by atoms with Crippen LogP contribution in [0.2, 0.25) is 0 Å². The topological polar surface area (TPSA) is 57.7 Å². The van der Waals surface area contributed by atoms with Crippen LogP contribution in [-0.2, 0) is 14.4 Å². The zero-order valence-electron chi connectivity index (χ0n) is 13.1. The van der Waals surface area contributed by atoms with E-state index in [2.05, 4.69) is 0 Å². The van der Waals surface area contributed by atoms with E-state index < -0.39 is 41.8 Å². The van der Waals surface area contributed by atoms with Gasteiger partial charge in [-0.1, -0.05) is 24.3 Å². The molecular weight excluding hydrogens is 337 g/mol. The number of anilines is 1. The Labute approximate surface area is 140 Å². The van der Waals surface area contributed by atoms with Gasteiger partial charge in [0.1, 0.15) is 0 Å². The van der Waals surface area contributed by atoms with Crippen molar-refractivity contribution in [3.63, 3.8) is 0 Å². The van der Waals surface area contributed by atoms with Crippen molar-refractivity contribution < 1.29 is 27.6 Å². The van der Waals surface area contributed by atoms with E-state index in [1.54, 1.807) is 24.3 Å². The van der Waals surface area contributed by atoms with E-state index in [0.717, 1.165) is 4.90 Å². The number of carbonyl (C=O) groups excluding carboxylic acids is 3. The third kappa shape index (κ3) is 1.99. The molecule has 0 saturated carbocycles. The largest absolute Gasteiger partial charge is 0.471 e. The third-order valence-electron chi connectivity index (χ3n) is 5.16. The van der Waals surface area contributed by atoms with Gasteiger partial charge in [-0.3, -0.25) is 24.2 Å². The number of benzene rings is 1. The Bertz CT molecular complexity index is 846. The summed E-state index contributed by atoms with van der Waals surface area (Å²) in [5, 5.41) is 0.